The van der Waals surface area contributed by atoms with Gasteiger partial charge in [-0.15, -0.1) is 0 Å². The lowest BCUT2D eigenvalue weighted by Gasteiger charge is -2.11. The molecular formula is C21H18FN5O4. The lowest BCUT2D eigenvalue weighted by molar-refractivity contribution is 0.0932. The van der Waals surface area contributed by atoms with Gasteiger partial charge in [0.15, 0.2) is 0 Å². The minimum Gasteiger partial charge on any atom is -0.341 e. The third-order valence-corrected chi connectivity index (χ3v) is 4.82. The number of rotatable bonds is 5. The lowest BCUT2D eigenvalue weighted by Crippen LogP contribution is -2.36. The van der Waals surface area contributed by atoms with Crippen molar-refractivity contribution >= 4 is 16.9 Å². The van der Waals surface area contributed by atoms with Gasteiger partial charge >= 0.3 is 11.1 Å². The minimum absolute atomic E-state index is 0.182. The molecule has 0 saturated carbocycles. The Hall–Kier alpha value is -4.08. The van der Waals surface area contributed by atoms with Crippen LogP contribution >= 0.6 is 0 Å². The molecule has 0 spiro atoms. The Kier molecular flexibility index (Phi) is 5.20. The number of aromatic nitrogens is 4. The first kappa shape index (κ1) is 20.2. The van der Waals surface area contributed by atoms with E-state index in [0.717, 1.165) is 0 Å². The van der Waals surface area contributed by atoms with E-state index < -0.39 is 23.1 Å². The number of hydrogen-bond donors (Lipinski definition) is 2. The SMILES string of the molecule is CCn1c(=O)c(=O)[nH]c2cc(C(=O)NC(C)c3nc(-c4ccc(F)cc4)no3)ccc21. The summed E-state index contributed by atoms with van der Waals surface area (Å²) in [5.74, 6) is -0.342. The predicted molar refractivity (Wildman–Crippen MR) is 110 cm³/mol. The summed E-state index contributed by atoms with van der Waals surface area (Å²) in [4.78, 5) is 43.3. The molecule has 1 amide bonds. The van der Waals surface area contributed by atoms with Crippen molar-refractivity contribution in [3.63, 3.8) is 0 Å². The van der Waals surface area contributed by atoms with Crippen LogP contribution in [0.4, 0.5) is 4.39 Å². The van der Waals surface area contributed by atoms with Crippen molar-refractivity contribution in [1.29, 1.82) is 0 Å². The molecule has 0 radical (unpaired) electrons. The van der Waals surface area contributed by atoms with Crippen LogP contribution in [-0.2, 0) is 6.54 Å². The third kappa shape index (κ3) is 3.87. The fraction of sp³-hybridized carbons (Fsp3) is 0.190. The molecule has 4 aromatic rings. The Balaban J connectivity index is 1.56. The second-order valence-corrected chi connectivity index (χ2v) is 6.89. The largest absolute Gasteiger partial charge is 0.341 e. The van der Waals surface area contributed by atoms with Gasteiger partial charge in [0.05, 0.1) is 11.0 Å². The predicted octanol–water partition coefficient (Wildman–Crippen LogP) is 2.39. The molecule has 1 atom stereocenters. The first-order valence-electron chi connectivity index (χ1n) is 9.54. The molecule has 1 unspecified atom stereocenters. The van der Waals surface area contributed by atoms with E-state index in [1.807, 2.05) is 0 Å². The van der Waals surface area contributed by atoms with Gasteiger partial charge in [-0.1, -0.05) is 5.16 Å². The zero-order valence-electron chi connectivity index (χ0n) is 16.7. The van der Waals surface area contributed by atoms with Crippen molar-refractivity contribution in [2.75, 3.05) is 0 Å². The highest BCUT2D eigenvalue weighted by molar-refractivity contribution is 5.97. The fourth-order valence-corrected chi connectivity index (χ4v) is 3.20. The highest BCUT2D eigenvalue weighted by Crippen LogP contribution is 2.19. The van der Waals surface area contributed by atoms with E-state index in [0.29, 0.717) is 23.1 Å². The summed E-state index contributed by atoms with van der Waals surface area (Å²) in [5.41, 5.74) is 0.374. The van der Waals surface area contributed by atoms with Gasteiger partial charge in [-0.25, -0.2) is 4.39 Å². The Morgan fingerprint density at radius 3 is 2.68 bits per heavy atom. The maximum absolute atomic E-state index is 13.1. The van der Waals surface area contributed by atoms with E-state index in [-0.39, 0.29) is 23.1 Å². The van der Waals surface area contributed by atoms with E-state index in [9.17, 15) is 18.8 Å². The zero-order chi connectivity index (χ0) is 22.1. The maximum atomic E-state index is 13.1. The van der Waals surface area contributed by atoms with Gasteiger partial charge in [0.25, 0.3) is 5.91 Å². The standard InChI is InChI=1S/C21H18FN5O4/c1-3-27-16-9-6-13(10-15(16)24-19(29)21(27)30)18(28)23-11(2)20-25-17(26-31-20)12-4-7-14(22)8-5-12/h4-11H,3H2,1-2H3,(H,23,28)(H,24,29). The van der Waals surface area contributed by atoms with Gasteiger partial charge in [0.1, 0.15) is 11.9 Å². The molecule has 2 aromatic carbocycles. The van der Waals surface area contributed by atoms with Crippen molar-refractivity contribution in [2.24, 2.45) is 0 Å². The number of aromatic amines is 1. The van der Waals surface area contributed by atoms with Crippen molar-refractivity contribution in [3.05, 3.63) is 80.4 Å². The minimum atomic E-state index is -0.751. The number of amides is 1. The average Bonchev–Trinajstić information content (AvgIpc) is 3.25. The van der Waals surface area contributed by atoms with Crippen LogP contribution in [0.3, 0.4) is 0 Å². The van der Waals surface area contributed by atoms with Gasteiger partial charge in [0, 0.05) is 17.7 Å². The van der Waals surface area contributed by atoms with Crippen LogP contribution in [-0.4, -0.2) is 25.6 Å². The van der Waals surface area contributed by atoms with Crippen molar-refractivity contribution in [3.8, 4) is 11.4 Å². The number of carbonyl (C=O) groups is 1. The summed E-state index contributed by atoms with van der Waals surface area (Å²) in [6.07, 6.45) is 0. The van der Waals surface area contributed by atoms with Crippen molar-refractivity contribution < 1.29 is 13.7 Å². The summed E-state index contributed by atoms with van der Waals surface area (Å²) in [7, 11) is 0. The smallest absolute Gasteiger partial charge is 0.316 e. The quantitative estimate of drug-likeness (QED) is 0.475. The number of aryl methyl sites for hydroxylation is 1. The maximum Gasteiger partial charge on any atom is 0.316 e. The molecule has 158 valence electrons. The lowest BCUT2D eigenvalue weighted by atomic mass is 10.1. The summed E-state index contributed by atoms with van der Waals surface area (Å²) in [5, 5.41) is 6.61. The molecule has 0 saturated heterocycles. The molecule has 0 aliphatic carbocycles. The van der Waals surface area contributed by atoms with Crippen LogP contribution in [0.5, 0.6) is 0 Å². The number of hydrogen-bond acceptors (Lipinski definition) is 6. The fourth-order valence-electron chi connectivity index (χ4n) is 3.20. The second-order valence-electron chi connectivity index (χ2n) is 6.89. The van der Waals surface area contributed by atoms with Crippen molar-refractivity contribution in [1.82, 2.24) is 25.0 Å². The van der Waals surface area contributed by atoms with Crippen LogP contribution < -0.4 is 16.4 Å². The number of H-pyrrole nitrogens is 1. The first-order valence-corrected chi connectivity index (χ1v) is 9.54. The Morgan fingerprint density at radius 2 is 1.97 bits per heavy atom. The zero-order valence-corrected chi connectivity index (χ0v) is 16.7. The number of carbonyl (C=O) groups excluding carboxylic acids is 1. The third-order valence-electron chi connectivity index (χ3n) is 4.82. The molecule has 4 rings (SSSR count). The van der Waals surface area contributed by atoms with E-state index >= 15 is 0 Å². The van der Waals surface area contributed by atoms with Gasteiger partial charge in [0.2, 0.25) is 11.7 Å². The monoisotopic (exact) mass is 423 g/mol. The molecule has 31 heavy (non-hydrogen) atoms. The molecule has 2 heterocycles. The van der Waals surface area contributed by atoms with Gasteiger partial charge < -0.3 is 19.4 Å². The van der Waals surface area contributed by atoms with Gasteiger partial charge in [-0.3, -0.25) is 14.4 Å². The van der Waals surface area contributed by atoms with Crippen molar-refractivity contribution in [2.45, 2.75) is 26.4 Å². The van der Waals surface area contributed by atoms with Crippen LogP contribution in [0, 0.1) is 5.82 Å². The number of nitrogens with zero attached hydrogens (tertiary/aromatic N) is 3. The highest BCUT2D eigenvalue weighted by atomic mass is 19.1. The number of fused-ring (bicyclic) bond motifs is 1. The summed E-state index contributed by atoms with van der Waals surface area (Å²) in [6.45, 7) is 3.76. The topological polar surface area (TPSA) is 123 Å². The van der Waals surface area contributed by atoms with Crippen LogP contribution in [0.15, 0.2) is 56.6 Å². The normalized spacial score (nSPS) is 12.1. The Morgan fingerprint density at radius 1 is 1.23 bits per heavy atom. The number of nitrogens with one attached hydrogen (secondary N) is 2. The van der Waals surface area contributed by atoms with E-state index in [4.69, 9.17) is 4.52 Å². The average molecular weight is 423 g/mol. The van der Waals surface area contributed by atoms with E-state index in [2.05, 4.69) is 20.4 Å². The van der Waals surface area contributed by atoms with E-state index in [1.165, 1.54) is 34.9 Å². The molecule has 0 aliphatic rings. The molecule has 2 aromatic heterocycles. The van der Waals surface area contributed by atoms with Gasteiger partial charge in [-0.05, 0) is 56.3 Å². The van der Waals surface area contributed by atoms with Crippen LogP contribution in [0.1, 0.15) is 36.1 Å². The molecule has 10 heteroatoms. The molecule has 0 fully saturated rings. The Bertz CT molecular complexity index is 1390. The van der Waals surface area contributed by atoms with E-state index in [1.54, 1.807) is 26.0 Å². The molecular weight excluding hydrogens is 405 g/mol. The number of halogens is 1. The molecule has 9 nitrogen and oxygen atoms in total. The van der Waals surface area contributed by atoms with Crippen LogP contribution in [0.2, 0.25) is 0 Å². The molecule has 0 bridgehead atoms. The van der Waals surface area contributed by atoms with Gasteiger partial charge in [-0.2, -0.15) is 4.98 Å². The molecule has 0 aliphatic heterocycles. The summed E-state index contributed by atoms with van der Waals surface area (Å²) in [6, 6.07) is 9.70. The highest BCUT2D eigenvalue weighted by Gasteiger charge is 2.19. The number of benzene rings is 2. The summed E-state index contributed by atoms with van der Waals surface area (Å²) < 4.78 is 19.6. The molecule has 2 N–H and O–H groups in total. The van der Waals surface area contributed by atoms with Crippen LogP contribution in [0.25, 0.3) is 22.4 Å². The first-order chi connectivity index (χ1) is 14.9. The second kappa shape index (κ2) is 7.98. The Labute approximate surface area is 174 Å². The summed E-state index contributed by atoms with van der Waals surface area (Å²) >= 11 is 0.